The number of fused-ring (bicyclic) bond motifs is 10. The Morgan fingerprint density at radius 1 is 0.375 bits per heavy atom. The first-order chi connectivity index (χ1) is 31.2. The van der Waals surface area contributed by atoms with Crippen molar-refractivity contribution in [1.82, 2.24) is 0 Å². The summed E-state index contributed by atoms with van der Waals surface area (Å²) in [6, 6.07) is 75.9. The Morgan fingerprint density at radius 2 is 0.828 bits per heavy atom. The van der Waals surface area contributed by atoms with E-state index >= 15 is 0 Å². The van der Waals surface area contributed by atoms with Crippen LogP contribution in [0.15, 0.2) is 188 Å². The highest BCUT2D eigenvalue weighted by Crippen LogP contribution is 2.61. The second-order valence-electron chi connectivity index (χ2n) is 18.8. The van der Waals surface area contributed by atoms with E-state index in [-0.39, 0.29) is 10.8 Å². The van der Waals surface area contributed by atoms with Gasteiger partial charge in [0.1, 0.15) is 5.69 Å². The lowest BCUT2D eigenvalue weighted by Gasteiger charge is -2.35. The van der Waals surface area contributed by atoms with Gasteiger partial charge in [-0.3, -0.25) is 4.90 Å². The summed E-state index contributed by atoms with van der Waals surface area (Å²) in [7, 11) is 0. The lowest BCUT2D eigenvalue weighted by Crippen LogP contribution is -2.20. The first-order valence-corrected chi connectivity index (χ1v) is 22.3. The van der Waals surface area contributed by atoms with E-state index in [0.29, 0.717) is 0 Å². The zero-order chi connectivity index (χ0) is 42.9. The molecule has 2 aliphatic carbocycles. The Bertz CT molecular complexity index is 3400. The zero-order valence-electron chi connectivity index (χ0n) is 36.3. The Labute approximate surface area is 374 Å². The molecule has 0 atom stereocenters. The van der Waals surface area contributed by atoms with Crippen molar-refractivity contribution in [2.75, 3.05) is 4.90 Å². The van der Waals surface area contributed by atoms with Crippen LogP contribution in [0.3, 0.4) is 0 Å². The van der Waals surface area contributed by atoms with Crippen LogP contribution in [-0.2, 0) is 10.8 Å². The van der Waals surface area contributed by atoms with Gasteiger partial charge in [-0.1, -0.05) is 161 Å². The summed E-state index contributed by atoms with van der Waals surface area (Å²) in [5.74, 6) is 1.68. The monoisotopic (exact) mass is 817 g/mol. The van der Waals surface area contributed by atoms with Gasteiger partial charge in [0.25, 0.3) is 0 Å². The van der Waals surface area contributed by atoms with E-state index in [1.54, 1.807) is 0 Å². The molecule has 0 saturated carbocycles. The van der Waals surface area contributed by atoms with E-state index in [0.717, 1.165) is 39.7 Å². The van der Waals surface area contributed by atoms with E-state index in [2.05, 4.69) is 227 Å². The van der Waals surface area contributed by atoms with Crippen molar-refractivity contribution >= 4 is 38.6 Å². The minimum absolute atomic E-state index is 0.257. The van der Waals surface area contributed by atoms with Crippen LogP contribution in [0.5, 0.6) is 11.5 Å². The van der Waals surface area contributed by atoms with Gasteiger partial charge < -0.3 is 4.74 Å². The number of rotatable bonds is 4. The molecule has 0 spiro atoms. The molecule has 0 radical (unpaired) electrons. The molecule has 0 unspecified atom stereocenters. The molecule has 0 saturated heterocycles. The number of anilines is 3. The molecule has 64 heavy (non-hydrogen) atoms. The third-order valence-electron chi connectivity index (χ3n) is 14.5. The zero-order valence-corrected chi connectivity index (χ0v) is 36.3. The minimum Gasteiger partial charge on any atom is -0.453 e. The third-order valence-corrected chi connectivity index (χ3v) is 14.5. The highest BCUT2D eigenvalue weighted by molar-refractivity contribution is 5.99. The van der Waals surface area contributed by atoms with Crippen LogP contribution in [0.1, 0.15) is 49.9 Å². The largest absolute Gasteiger partial charge is 0.453 e. The summed E-state index contributed by atoms with van der Waals surface area (Å²) in [6.07, 6.45) is 0. The standard InChI is InChI=1S/C62H43NO/c1-61(2)52-32-45(43-24-22-38-14-8-10-18-41(38)30-43)26-28-48(52)50-34-57-59(36-54(50)61)64-60-37-55-51(35-58(60)63(57)56-21-13-12-20-47(56)40-16-6-5-7-17-40)49-29-27-46(33-53(49)62(55,3)4)44-25-23-39-15-9-11-19-42(39)31-44/h5-12,14-20,22-37H,1-4H3. The number of hydrogen-bond donors (Lipinski definition) is 0. The molecule has 10 aromatic rings. The molecule has 302 valence electrons. The van der Waals surface area contributed by atoms with Crippen molar-refractivity contribution in [3.8, 4) is 67.1 Å². The molecular weight excluding hydrogens is 775 g/mol. The second kappa shape index (κ2) is 13.3. The van der Waals surface area contributed by atoms with E-state index in [1.807, 2.05) is 6.07 Å². The van der Waals surface area contributed by atoms with Crippen LogP contribution in [0.4, 0.5) is 17.1 Å². The predicted molar refractivity (Wildman–Crippen MR) is 265 cm³/mol. The molecule has 3 aliphatic rings. The Balaban J connectivity index is 0.983. The molecule has 0 bridgehead atoms. The van der Waals surface area contributed by atoms with Gasteiger partial charge in [0, 0.05) is 16.4 Å². The van der Waals surface area contributed by atoms with Gasteiger partial charge in [-0.15, -0.1) is 0 Å². The summed E-state index contributed by atoms with van der Waals surface area (Å²) in [6.45, 7) is 9.42. The molecule has 2 nitrogen and oxygen atoms in total. The van der Waals surface area contributed by atoms with Gasteiger partial charge in [-0.05, 0) is 161 Å². The third kappa shape index (κ3) is 5.34. The van der Waals surface area contributed by atoms with Crippen LogP contribution in [0.2, 0.25) is 0 Å². The Kier molecular flexibility index (Phi) is 7.65. The van der Waals surface area contributed by atoms with Crippen molar-refractivity contribution in [3.63, 3.8) is 0 Å². The molecule has 1 aliphatic heterocycles. The van der Waals surface area contributed by atoms with Gasteiger partial charge >= 0.3 is 0 Å². The average Bonchev–Trinajstić information content (AvgIpc) is 3.69. The molecule has 2 heteroatoms. The van der Waals surface area contributed by atoms with Gasteiger partial charge in [-0.25, -0.2) is 0 Å². The maximum absolute atomic E-state index is 7.21. The predicted octanol–water partition coefficient (Wildman–Crippen LogP) is 16.8. The summed E-state index contributed by atoms with van der Waals surface area (Å²) in [4.78, 5) is 2.39. The first kappa shape index (κ1) is 36.8. The normalized spacial score (nSPS) is 14.5. The second-order valence-corrected chi connectivity index (χ2v) is 18.8. The fraction of sp³-hybridized carbons (Fsp3) is 0.0968. The molecule has 0 N–H and O–H groups in total. The molecule has 0 amide bonds. The molecule has 13 rings (SSSR count). The van der Waals surface area contributed by atoms with Crippen LogP contribution < -0.4 is 9.64 Å². The van der Waals surface area contributed by atoms with E-state index < -0.39 is 0 Å². The summed E-state index contributed by atoms with van der Waals surface area (Å²) >= 11 is 0. The Morgan fingerprint density at radius 3 is 1.36 bits per heavy atom. The lowest BCUT2D eigenvalue weighted by atomic mass is 9.81. The molecule has 10 aromatic carbocycles. The van der Waals surface area contributed by atoms with Crippen molar-refractivity contribution in [2.24, 2.45) is 0 Å². The summed E-state index contributed by atoms with van der Waals surface area (Å²) in [5, 5.41) is 5.01. The molecule has 1 heterocycles. The van der Waals surface area contributed by atoms with Gasteiger partial charge in [0.15, 0.2) is 11.5 Å². The van der Waals surface area contributed by atoms with E-state index in [1.165, 1.54) is 88.3 Å². The highest BCUT2D eigenvalue weighted by atomic mass is 16.5. The molecular formula is C62H43NO. The SMILES string of the molecule is CC1(C)c2cc(-c3ccc4ccccc4c3)ccc2-c2cc3c(cc21)Oc1cc2c(cc1N3c1c#cccc1-c1ccccc1)-c1ccc(-c3ccc4ccccc4c3)cc1C2(C)C. The topological polar surface area (TPSA) is 12.5 Å². The van der Waals surface area contributed by atoms with Gasteiger partial charge in [0.05, 0.1) is 11.4 Å². The van der Waals surface area contributed by atoms with E-state index in [4.69, 9.17) is 4.74 Å². The lowest BCUT2D eigenvalue weighted by molar-refractivity contribution is 0.473. The minimum atomic E-state index is -0.257. The fourth-order valence-electron chi connectivity index (χ4n) is 11.0. The average molecular weight is 818 g/mol. The van der Waals surface area contributed by atoms with Crippen LogP contribution in [0.25, 0.3) is 77.2 Å². The maximum atomic E-state index is 7.21. The van der Waals surface area contributed by atoms with Crippen LogP contribution in [-0.4, -0.2) is 0 Å². The smallest absolute Gasteiger partial charge is 0.151 e. The van der Waals surface area contributed by atoms with Crippen LogP contribution in [0, 0.1) is 12.1 Å². The summed E-state index contributed by atoms with van der Waals surface area (Å²) in [5.41, 5.74) is 19.7. The van der Waals surface area contributed by atoms with Crippen molar-refractivity contribution in [3.05, 3.63) is 222 Å². The maximum Gasteiger partial charge on any atom is 0.151 e. The van der Waals surface area contributed by atoms with Crippen molar-refractivity contribution in [2.45, 2.75) is 38.5 Å². The number of hydrogen-bond acceptors (Lipinski definition) is 2. The van der Waals surface area contributed by atoms with Crippen LogP contribution >= 0.6 is 0 Å². The first-order valence-electron chi connectivity index (χ1n) is 22.3. The quantitative estimate of drug-likeness (QED) is 0.175. The number of benzene rings is 9. The summed E-state index contributed by atoms with van der Waals surface area (Å²) < 4.78 is 7.21. The molecule has 0 aromatic heterocycles. The van der Waals surface area contributed by atoms with Gasteiger partial charge in [0.2, 0.25) is 0 Å². The van der Waals surface area contributed by atoms with Crippen molar-refractivity contribution < 1.29 is 4.74 Å². The van der Waals surface area contributed by atoms with Crippen molar-refractivity contribution in [1.29, 1.82) is 0 Å². The fourth-order valence-corrected chi connectivity index (χ4v) is 11.0. The van der Waals surface area contributed by atoms with E-state index in [9.17, 15) is 0 Å². The number of ether oxygens (including phenoxy) is 1. The highest BCUT2D eigenvalue weighted by Gasteiger charge is 2.42. The molecule has 0 fully saturated rings. The van der Waals surface area contributed by atoms with Gasteiger partial charge in [-0.2, -0.15) is 0 Å². The Hall–Kier alpha value is -7.86. The number of nitrogens with zero attached hydrogens (tertiary/aromatic N) is 1.